The predicted octanol–water partition coefficient (Wildman–Crippen LogP) is 2.03. The van der Waals surface area contributed by atoms with Gasteiger partial charge in [-0.3, -0.25) is 4.90 Å². The van der Waals surface area contributed by atoms with Gasteiger partial charge in [-0.05, 0) is 39.4 Å². The molecule has 0 aliphatic carbocycles. The van der Waals surface area contributed by atoms with Gasteiger partial charge < -0.3 is 5.32 Å². The fraction of sp³-hybridized carbons (Fsp3) is 0.833. The molecule has 0 aromatic rings. The highest BCUT2D eigenvalue weighted by atomic mass is 15.1. The van der Waals surface area contributed by atoms with Crippen molar-refractivity contribution < 1.29 is 0 Å². The van der Waals surface area contributed by atoms with Gasteiger partial charge in [0.05, 0.1) is 0 Å². The van der Waals surface area contributed by atoms with Gasteiger partial charge in [0.25, 0.3) is 0 Å². The zero-order valence-corrected chi connectivity index (χ0v) is 9.47. The number of unbranched alkanes of at least 4 members (excludes halogenated alkanes) is 3. The second-order valence-corrected chi connectivity index (χ2v) is 4.08. The lowest BCUT2D eigenvalue weighted by atomic mass is 10.1. The maximum absolute atomic E-state index is 3.19. The summed E-state index contributed by atoms with van der Waals surface area (Å²) in [5.41, 5.74) is 0. The van der Waals surface area contributed by atoms with Crippen molar-refractivity contribution in [2.24, 2.45) is 0 Å². The Morgan fingerprint density at radius 2 is 2.00 bits per heavy atom. The van der Waals surface area contributed by atoms with Crippen LogP contribution < -0.4 is 5.32 Å². The van der Waals surface area contributed by atoms with E-state index in [0.29, 0.717) is 0 Å². The Morgan fingerprint density at radius 3 is 2.71 bits per heavy atom. The van der Waals surface area contributed by atoms with E-state index in [2.05, 4.69) is 22.4 Å². The molecule has 0 radical (unpaired) electrons. The van der Waals surface area contributed by atoms with Crippen molar-refractivity contribution in [1.29, 1.82) is 0 Å². The van der Waals surface area contributed by atoms with Gasteiger partial charge in [-0.2, -0.15) is 0 Å². The van der Waals surface area contributed by atoms with Gasteiger partial charge in [0, 0.05) is 13.1 Å². The fourth-order valence-corrected chi connectivity index (χ4v) is 1.88. The van der Waals surface area contributed by atoms with Crippen LogP contribution in [0.25, 0.3) is 0 Å². The summed E-state index contributed by atoms with van der Waals surface area (Å²) in [6.07, 6.45) is 11.3. The third-order valence-electron chi connectivity index (χ3n) is 2.79. The summed E-state index contributed by atoms with van der Waals surface area (Å²) >= 11 is 0. The lowest BCUT2D eigenvalue weighted by Gasteiger charge is -2.22. The maximum atomic E-state index is 3.19. The molecule has 0 unspecified atom stereocenters. The van der Waals surface area contributed by atoms with Gasteiger partial charge >= 0.3 is 0 Å². The summed E-state index contributed by atoms with van der Waals surface area (Å²) in [7, 11) is 2.03. The van der Waals surface area contributed by atoms with Crippen molar-refractivity contribution in [1.82, 2.24) is 10.2 Å². The minimum Gasteiger partial charge on any atom is -0.320 e. The van der Waals surface area contributed by atoms with E-state index in [0.717, 1.165) is 0 Å². The third-order valence-corrected chi connectivity index (χ3v) is 2.79. The molecule has 2 heteroatoms. The second-order valence-electron chi connectivity index (χ2n) is 4.08. The smallest absolute Gasteiger partial charge is 0.0163 e. The first kappa shape index (κ1) is 11.7. The van der Waals surface area contributed by atoms with E-state index < -0.39 is 0 Å². The molecule has 0 amide bonds. The summed E-state index contributed by atoms with van der Waals surface area (Å²) in [6.45, 7) is 4.92. The number of hydrogen-bond acceptors (Lipinski definition) is 2. The third kappa shape index (κ3) is 5.40. The van der Waals surface area contributed by atoms with Crippen LogP contribution in [0.1, 0.15) is 32.1 Å². The lowest BCUT2D eigenvalue weighted by molar-refractivity contribution is 0.290. The molecule has 1 aliphatic heterocycles. The average Bonchev–Trinajstić information content (AvgIpc) is 2.25. The van der Waals surface area contributed by atoms with E-state index in [9.17, 15) is 0 Å². The number of nitrogens with zero attached hydrogens (tertiary/aromatic N) is 1. The van der Waals surface area contributed by atoms with E-state index in [4.69, 9.17) is 0 Å². The predicted molar refractivity (Wildman–Crippen MR) is 62.6 cm³/mol. The van der Waals surface area contributed by atoms with E-state index in [1.54, 1.807) is 0 Å². The van der Waals surface area contributed by atoms with E-state index in [1.165, 1.54) is 58.3 Å². The zero-order valence-electron chi connectivity index (χ0n) is 9.47. The second kappa shape index (κ2) is 8.01. The summed E-state index contributed by atoms with van der Waals surface area (Å²) in [4.78, 5) is 2.55. The van der Waals surface area contributed by atoms with Crippen LogP contribution >= 0.6 is 0 Å². The molecule has 2 nitrogen and oxygen atoms in total. The molecule has 1 aliphatic rings. The fourth-order valence-electron chi connectivity index (χ4n) is 1.88. The van der Waals surface area contributed by atoms with Gasteiger partial charge in [0.1, 0.15) is 0 Å². The summed E-state index contributed by atoms with van der Waals surface area (Å²) in [6, 6.07) is 0. The molecule has 0 fully saturated rings. The molecule has 1 heterocycles. The summed E-state index contributed by atoms with van der Waals surface area (Å²) in [5.74, 6) is 0. The largest absolute Gasteiger partial charge is 0.320 e. The topological polar surface area (TPSA) is 15.3 Å². The van der Waals surface area contributed by atoms with Crippen LogP contribution in [-0.2, 0) is 0 Å². The molecule has 1 N–H and O–H groups in total. The molecule has 0 saturated heterocycles. The average molecular weight is 196 g/mol. The molecule has 0 spiro atoms. The van der Waals surface area contributed by atoms with Crippen LogP contribution in [0.3, 0.4) is 0 Å². The van der Waals surface area contributed by atoms with E-state index in [1.807, 2.05) is 7.05 Å². The Morgan fingerprint density at radius 1 is 1.14 bits per heavy atom. The molecule has 0 atom stereocenters. The molecule has 0 aromatic heterocycles. The zero-order chi connectivity index (χ0) is 10.1. The van der Waals surface area contributed by atoms with Crippen molar-refractivity contribution in [3.8, 4) is 0 Å². The van der Waals surface area contributed by atoms with E-state index in [-0.39, 0.29) is 0 Å². The molecule has 0 aromatic carbocycles. The Balaban J connectivity index is 1.86. The van der Waals surface area contributed by atoms with Gasteiger partial charge in [0.2, 0.25) is 0 Å². The first-order chi connectivity index (χ1) is 6.93. The lowest BCUT2D eigenvalue weighted by Crippen LogP contribution is -2.28. The van der Waals surface area contributed by atoms with E-state index >= 15 is 0 Å². The van der Waals surface area contributed by atoms with Crippen LogP contribution in [0.5, 0.6) is 0 Å². The standard InChI is InChI=1S/C12H24N2/c1-13-9-5-2-3-6-10-14-11-7-4-8-12-14/h4,7,13H,2-3,5-6,8-12H2,1H3. The Bertz CT molecular complexity index is 154. The number of rotatable bonds is 7. The minimum atomic E-state index is 1.17. The van der Waals surface area contributed by atoms with Crippen LogP contribution in [0.4, 0.5) is 0 Å². The van der Waals surface area contributed by atoms with Crippen molar-refractivity contribution >= 4 is 0 Å². The van der Waals surface area contributed by atoms with Crippen LogP contribution in [0.15, 0.2) is 12.2 Å². The van der Waals surface area contributed by atoms with Gasteiger partial charge in [-0.1, -0.05) is 25.0 Å². The highest BCUT2D eigenvalue weighted by molar-refractivity contribution is 4.90. The van der Waals surface area contributed by atoms with Gasteiger partial charge in [0.15, 0.2) is 0 Å². The SMILES string of the molecule is CNCCCCCCN1CC=CCC1. The van der Waals surface area contributed by atoms with Crippen LogP contribution in [-0.4, -0.2) is 38.1 Å². The molecule has 1 rings (SSSR count). The first-order valence-electron chi connectivity index (χ1n) is 5.95. The monoisotopic (exact) mass is 196 g/mol. The first-order valence-corrected chi connectivity index (χ1v) is 5.95. The molecule has 0 bridgehead atoms. The highest BCUT2D eigenvalue weighted by Gasteiger charge is 2.04. The van der Waals surface area contributed by atoms with Crippen LogP contribution in [0, 0.1) is 0 Å². The van der Waals surface area contributed by atoms with Gasteiger partial charge in [-0.15, -0.1) is 0 Å². The van der Waals surface area contributed by atoms with Crippen molar-refractivity contribution in [2.45, 2.75) is 32.1 Å². The van der Waals surface area contributed by atoms with Crippen molar-refractivity contribution in [3.05, 3.63) is 12.2 Å². The normalized spacial score (nSPS) is 17.5. The Labute approximate surface area is 88.4 Å². The van der Waals surface area contributed by atoms with Crippen molar-refractivity contribution in [2.75, 3.05) is 33.2 Å². The molecule has 0 saturated carbocycles. The van der Waals surface area contributed by atoms with Gasteiger partial charge in [-0.25, -0.2) is 0 Å². The molecule has 82 valence electrons. The Kier molecular flexibility index (Phi) is 6.71. The van der Waals surface area contributed by atoms with Crippen LogP contribution in [0.2, 0.25) is 0 Å². The summed E-state index contributed by atoms with van der Waals surface area (Å²) < 4.78 is 0. The maximum Gasteiger partial charge on any atom is 0.0163 e. The Hall–Kier alpha value is -0.340. The quantitative estimate of drug-likeness (QED) is 0.495. The highest BCUT2D eigenvalue weighted by Crippen LogP contribution is 2.05. The summed E-state index contributed by atoms with van der Waals surface area (Å²) in [5, 5.41) is 3.19. The molecular weight excluding hydrogens is 172 g/mol. The number of hydrogen-bond donors (Lipinski definition) is 1. The van der Waals surface area contributed by atoms with Crippen molar-refractivity contribution in [3.63, 3.8) is 0 Å². The minimum absolute atomic E-state index is 1.17. The molecule has 14 heavy (non-hydrogen) atoms. The molecular formula is C12H24N2. The number of nitrogens with one attached hydrogen (secondary N) is 1.